The van der Waals surface area contributed by atoms with E-state index in [0.29, 0.717) is 11.4 Å². The van der Waals surface area contributed by atoms with Crippen molar-refractivity contribution in [3.8, 4) is 0 Å². The van der Waals surface area contributed by atoms with Gasteiger partial charge in [0, 0.05) is 5.02 Å². The summed E-state index contributed by atoms with van der Waals surface area (Å²) in [5.74, 6) is -0.0595. The summed E-state index contributed by atoms with van der Waals surface area (Å²) in [4.78, 5) is 12.0. The van der Waals surface area contributed by atoms with Gasteiger partial charge in [-0.1, -0.05) is 35.9 Å². The molecule has 2 aromatic carbocycles. The van der Waals surface area contributed by atoms with Crippen LogP contribution in [0.5, 0.6) is 0 Å². The van der Waals surface area contributed by atoms with Crippen molar-refractivity contribution in [2.75, 3.05) is 5.43 Å². The van der Waals surface area contributed by atoms with Gasteiger partial charge in [-0.3, -0.25) is 15.6 Å². The molecule has 1 aliphatic carbocycles. The maximum absolute atomic E-state index is 12.0. The molecular formula is C18H19ClN2O. The van der Waals surface area contributed by atoms with Crippen molar-refractivity contribution in [3.05, 3.63) is 64.2 Å². The van der Waals surface area contributed by atoms with E-state index < -0.39 is 0 Å². The molecule has 2 N–H and O–H groups in total. The van der Waals surface area contributed by atoms with Crippen LogP contribution in [0.3, 0.4) is 0 Å². The monoisotopic (exact) mass is 314 g/mol. The van der Waals surface area contributed by atoms with Crippen molar-refractivity contribution >= 4 is 23.2 Å². The number of carbonyl (C=O) groups excluding carboxylic acids is 1. The number of hydrazine groups is 1. The molecule has 22 heavy (non-hydrogen) atoms. The SMILES string of the molecule is O=C(Cc1ccc2c(c1)CCCC2)NNc1cccc(Cl)c1. The average molecular weight is 315 g/mol. The van der Waals surface area contributed by atoms with Crippen LogP contribution in [-0.2, 0) is 24.1 Å². The van der Waals surface area contributed by atoms with E-state index in [1.807, 2.05) is 12.1 Å². The number of fused-ring (bicyclic) bond motifs is 1. The maximum atomic E-state index is 12.0. The summed E-state index contributed by atoms with van der Waals surface area (Å²) in [6.07, 6.45) is 5.19. The van der Waals surface area contributed by atoms with Gasteiger partial charge in [0.2, 0.25) is 5.91 Å². The summed E-state index contributed by atoms with van der Waals surface area (Å²) in [5, 5.41) is 0.633. The number of halogens is 1. The number of amides is 1. The van der Waals surface area contributed by atoms with Crippen molar-refractivity contribution in [2.45, 2.75) is 32.1 Å². The molecule has 0 aromatic heterocycles. The quantitative estimate of drug-likeness (QED) is 0.840. The van der Waals surface area contributed by atoms with E-state index in [1.54, 1.807) is 12.1 Å². The van der Waals surface area contributed by atoms with Crippen molar-refractivity contribution in [1.82, 2.24) is 5.43 Å². The van der Waals surface area contributed by atoms with E-state index in [0.717, 1.165) is 24.1 Å². The van der Waals surface area contributed by atoms with Crippen LogP contribution >= 0.6 is 11.6 Å². The molecule has 0 spiro atoms. The Labute approximate surface area is 135 Å². The van der Waals surface area contributed by atoms with Crippen LogP contribution in [0.25, 0.3) is 0 Å². The summed E-state index contributed by atoms with van der Waals surface area (Å²) in [5.41, 5.74) is 10.3. The predicted molar refractivity (Wildman–Crippen MR) is 90.0 cm³/mol. The second-order valence-electron chi connectivity index (χ2n) is 5.67. The zero-order chi connectivity index (χ0) is 15.4. The van der Waals surface area contributed by atoms with Gasteiger partial charge < -0.3 is 0 Å². The summed E-state index contributed by atoms with van der Waals surface area (Å²) < 4.78 is 0. The highest BCUT2D eigenvalue weighted by Gasteiger charge is 2.11. The number of benzene rings is 2. The van der Waals surface area contributed by atoms with Crippen LogP contribution in [0, 0.1) is 0 Å². The van der Waals surface area contributed by atoms with E-state index in [1.165, 1.54) is 24.0 Å². The largest absolute Gasteiger partial charge is 0.299 e. The van der Waals surface area contributed by atoms with E-state index in [-0.39, 0.29) is 5.91 Å². The smallest absolute Gasteiger partial charge is 0.242 e. The Morgan fingerprint density at radius 1 is 1.05 bits per heavy atom. The average Bonchev–Trinajstić information content (AvgIpc) is 2.53. The van der Waals surface area contributed by atoms with Crippen molar-refractivity contribution in [3.63, 3.8) is 0 Å². The molecule has 0 aliphatic heterocycles. The first-order valence-corrected chi connectivity index (χ1v) is 7.99. The fourth-order valence-corrected chi connectivity index (χ4v) is 3.02. The van der Waals surface area contributed by atoms with Crippen molar-refractivity contribution in [1.29, 1.82) is 0 Å². The third-order valence-electron chi connectivity index (χ3n) is 3.95. The van der Waals surface area contributed by atoms with E-state index in [4.69, 9.17) is 11.6 Å². The molecule has 0 fully saturated rings. The first-order chi connectivity index (χ1) is 10.7. The van der Waals surface area contributed by atoms with Crippen molar-refractivity contribution < 1.29 is 4.79 Å². The molecule has 0 atom stereocenters. The molecule has 114 valence electrons. The Bertz CT molecular complexity index is 685. The molecule has 0 radical (unpaired) electrons. The highest BCUT2D eigenvalue weighted by molar-refractivity contribution is 6.30. The van der Waals surface area contributed by atoms with Gasteiger partial charge in [-0.15, -0.1) is 0 Å². The fraction of sp³-hybridized carbons (Fsp3) is 0.278. The fourth-order valence-electron chi connectivity index (χ4n) is 2.83. The lowest BCUT2D eigenvalue weighted by atomic mass is 9.90. The van der Waals surface area contributed by atoms with Gasteiger partial charge in [-0.25, -0.2) is 0 Å². The third-order valence-corrected chi connectivity index (χ3v) is 4.18. The summed E-state index contributed by atoms with van der Waals surface area (Å²) in [6, 6.07) is 13.6. The second kappa shape index (κ2) is 6.84. The number of hydrogen-bond acceptors (Lipinski definition) is 2. The highest BCUT2D eigenvalue weighted by Crippen LogP contribution is 2.22. The molecule has 0 unspecified atom stereocenters. The Kier molecular flexibility index (Phi) is 4.64. The predicted octanol–water partition coefficient (Wildman–Crippen LogP) is 3.90. The van der Waals surface area contributed by atoms with Gasteiger partial charge in [-0.05, 0) is 60.6 Å². The topological polar surface area (TPSA) is 41.1 Å². The summed E-state index contributed by atoms with van der Waals surface area (Å²) in [6.45, 7) is 0. The van der Waals surface area contributed by atoms with Crippen LogP contribution in [0.4, 0.5) is 5.69 Å². The lowest BCUT2D eigenvalue weighted by Gasteiger charge is -2.16. The number of aryl methyl sites for hydroxylation is 2. The van der Waals surface area contributed by atoms with Gasteiger partial charge in [0.1, 0.15) is 0 Å². The molecular weight excluding hydrogens is 296 g/mol. The van der Waals surface area contributed by atoms with E-state index in [2.05, 4.69) is 29.1 Å². The maximum Gasteiger partial charge on any atom is 0.242 e. The Morgan fingerprint density at radius 3 is 2.68 bits per heavy atom. The lowest BCUT2D eigenvalue weighted by Crippen LogP contribution is -2.30. The molecule has 0 bridgehead atoms. The minimum absolute atomic E-state index is 0.0595. The lowest BCUT2D eigenvalue weighted by molar-refractivity contribution is -0.119. The Balaban J connectivity index is 1.57. The number of carbonyl (C=O) groups is 1. The Morgan fingerprint density at radius 2 is 1.86 bits per heavy atom. The molecule has 0 heterocycles. The number of rotatable bonds is 4. The minimum Gasteiger partial charge on any atom is -0.299 e. The molecule has 1 amide bonds. The molecule has 4 heteroatoms. The van der Waals surface area contributed by atoms with Crippen LogP contribution in [0.15, 0.2) is 42.5 Å². The van der Waals surface area contributed by atoms with Crippen molar-refractivity contribution in [2.24, 2.45) is 0 Å². The summed E-state index contributed by atoms with van der Waals surface area (Å²) in [7, 11) is 0. The number of hydrogen-bond donors (Lipinski definition) is 2. The van der Waals surface area contributed by atoms with E-state index in [9.17, 15) is 4.79 Å². The van der Waals surface area contributed by atoms with Gasteiger partial charge in [0.25, 0.3) is 0 Å². The van der Waals surface area contributed by atoms with Gasteiger partial charge in [0.15, 0.2) is 0 Å². The third kappa shape index (κ3) is 3.80. The first kappa shape index (κ1) is 14.9. The van der Waals surface area contributed by atoms with Crippen LogP contribution in [-0.4, -0.2) is 5.91 Å². The molecule has 0 saturated heterocycles. The molecule has 1 aliphatic rings. The zero-order valence-electron chi connectivity index (χ0n) is 12.4. The van der Waals surface area contributed by atoms with Crippen LogP contribution in [0.2, 0.25) is 5.02 Å². The number of nitrogens with one attached hydrogen (secondary N) is 2. The molecule has 0 saturated carbocycles. The van der Waals surface area contributed by atoms with Crippen LogP contribution < -0.4 is 10.9 Å². The normalized spacial score (nSPS) is 13.3. The standard InChI is InChI=1S/C18H19ClN2O/c19-16-6-3-7-17(12-16)20-21-18(22)11-13-8-9-14-4-1-2-5-15(14)10-13/h3,6-10,12,20H,1-2,4-5,11H2,(H,21,22). The Hall–Kier alpha value is -2.00. The first-order valence-electron chi connectivity index (χ1n) is 7.62. The minimum atomic E-state index is -0.0595. The van der Waals surface area contributed by atoms with Gasteiger partial charge in [0.05, 0.1) is 12.1 Å². The second-order valence-corrected chi connectivity index (χ2v) is 6.11. The van der Waals surface area contributed by atoms with E-state index >= 15 is 0 Å². The molecule has 2 aromatic rings. The molecule has 3 nitrogen and oxygen atoms in total. The van der Waals surface area contributed by atoms with Gasteiger partial charge >= 0.3 is 0 Å². The van der Waals surface area contributed by atoms with Gasteiger partial charge in [-0.2, -0.15) is 0 Å². The van der Waals surface area contributed by atoms with Crippen LogP contribution in [0.1, 0.15) is 29.5 Å². The highest BCUT2D eigenvalue weighted by atomic mass is 35.5. The summed E-state index contributed by atoms with van der Waals surface area (Å²) >= 11 is 5.90. The number of anilines is 1. The zero-order valence-corrected chi connectivity index (χ0v) is 13.1. The molecule has 3 rings (SSSR count).